The van der Waals surface area contributed by atoms with Crippen LogP contribution in [0.1, 0.15) is 16.8 Å². The Hall–Kier alpha value is -0.840. The Labute approximate surface area is 77.9 Å². The van der Waals surface area contributed by atoms with Gasteiger partial charge >= 0.3 is 0 Å². The number of fused-ring (bicyclic) bond motifs is 1. The van der Waals surface area contributed by atoms with Crippen molar-refractivity contribution in [1.82, 2.24) is 10.2 Å². The second-order valence-electron chi connectivity index (χ2n) is 2.71. The van der Waals surface area contributed by atoms with Crippen LogP contribution in [0.3, 0.4) is 0 Å². The number of nitrogens with one attached hydrogen (secondary N) is 2. The maximum absolute atomic E-state index is 11.6. The van der Waals surface area contributed by atoms with Gasteiger partial charge in [-0.1, -0.05) is 15.9 Å². The highest BCUT2D eigenvalue weighted by Gasteiger charge is 2.24. The molecule has 1 aromatic rings. The molecule has 12 heavy (non-hydrogen) atoms. The van der Waals surface area contributed by atoms with Gasteiger partial charge in [-0.2, -0.15) is 5.10 Å². The molecule has 1 aliphatic rings. The largest absolute Gasteiger partial charge is 0.370 e. The van der Waals surface area contributed by atoms with Crippen LogP contribution in [0.5, 0.6) is 0 Å². The van der Waals surface area contributed by atoms with E-state index in [0.29, 0.717) is 5.56 Å². The molecule has 0 fully saturated rings. The first kappa shape index (κ1) is 7.79. The Morgan fingerprint density at radius 2 is 2.50 bits per heavy atom. The summed E-state index contributed by atoms with van der Waals surface area (Å²) >= 11 is 3.33. The molecular weight excluding hydrogens is 222 g/mol. The quantitative estimate of drug-likeness (QED) is 0.657. The highest BCUT2D eigenvalue weighted by atomic mass is 79.9. The number of halogens is 1. The third-order valence-corrected chi connectivity index (χ3v) is 2.76. The van der Waals surface area contributed by atoms with Crippen molar-refractivity contribution in [1.29, 1.82) is 0 Å². The molecule has 0 saturated heterocycles. The fourth-order valence-corrected chi connectivity index (χ4v) is 1.71. The van der Waals surface area contributed by atoms with Crippen molar-refractivity contribution in [3.63, 3.8) is 0 Å². The zero-order valence-electron chi connectivity index (χ0n) is 6.30. The summed E-state index contributed by atoms with van der Waals surface area (Å²) in [6, 6.07) is 0. The summed E-state index contributed by atoms with van der Waals surface area (Å²) in [5.41, 5.74) is 0.648. The average Bonchev–Trinajstić information content (AvgIpc) is 2.46. The Morgan fingerprint density at radius 3 is 3.33 bits per heavy atom. The van der Waals surface area contributed by atoms with E-state index >= 15 is 0 Å². The van der Waals surface area contributed by atoms with E-state index in [9.17, 15) is 4.79 Å². The Kier molecular flexibility index (Phi) is 1.88. The van der Waals surface area contributed by atoms with Crippen molar-refractivity contribution < 1.29 is 4.79 Å². The lowest BCUT2D eigenvalue weighted by Crippen LogP contribution is -2.12. The molecule has 0 radical (unpaired) electrons. The predicted molar refractivity (Wildman–Crippen MR) is 48.7 cm³/mol. The Bertz CT molecular complexity index is 309. The van der Waals surface area contributed by atoms with Gasteiger partial charge < -0.3 is 5.32 Å². The molecule has 0 aliphatic carbocycles. The minimum absolute atomic E-state index is 0.0798. The molecule has 0 spiro atoms. The molecule has 0 saturated carbocycles. The molecule has 1 atom stereocenters. The third-order valence-electron chi connectivity index (χ3n) is 1.89. The maximum Gasteiger partial charge on any atom is 0.181 e. The van der Waals surface area contributed by atoms with Crippen molar-refractivity contribution in [2.75, 3.05) is 11.9 Å². The predicted octanol–water partition coefficient (Wildman–Crippen LogP) is 1.17. The van der Waals surface area contributed by atoms with Gasteiger partial charge in [0.2, 0.25) is 0 Å². The normalized spacial score (nSPS) is 22.8. The molecule has 4 nitrogen and oxygen atoms in total. The number of hydrogen-bond acceptors (Lipinski definition) is 3. The van der Waals surface area contributed by atoms with Crippen molar-refractivity contribution in [3.8, 4) is 0 Å². The van der Waals surface area contributed by atoms with E-state index < -0.39 is 0 Å². The minimum atomic E-state index is -0.0798. The fraction of sp³-hybridized carbons (Fsp3) is 0.429. The van der Waals surface area contributed by atoms with Crippen LogP contribution in [0.4, 0.5) is 5.82 Å². The molecule has 1 aromatic heterocycles. The maximum atomic E-state index is 11.6. The second kappa shape index (κ2) is 2.90. The van der Waals surface area contributed by atoms with Crippen LogP contribution in [0.15, 0.2) is 6.20 Å². The van der Waals surface area contributed by atoms with Gasteiger partial charge in [0.1, 0.15) is 5.82 Å². The lowest BCUT2D eigenvalue weighted by atomic mass is 10.1. The number of hydrogen-bond donors (Lipinski definition) is 2. The monoisotopic (exact) mass is 229 g/mol. The van der Waals surface area contributed by atoms with E-state index in [0.717, 1.165) is 18.8 Å². The number of rotatable bonds is 0. The van der Waals surface area contributed by atoms with Crippen LogP contribution in [0, 0.1) is 0 Å². The number of carbonyl (C=O) groups excluding carboxylic acids is 1. The third kappa shape index (κ3) is 1.14. The number of Topliss-reactive ketones (excluding diaryl/α,β-unsaturated/α-hetero) is 1. The number of nitrogens with zero attached hydrogens (tertiary/aromatic N) is 1. The van der Waals surface area contributed by atoms with Gasteiger partial charge in [0.05, 0.1) is 16.6 Å². The van der Waals surface area contributed by atoms with Crippen LogP contribution >= 0.6 is 15.9 Å². The van der Waals surface area contributed by atoms with Crippen LogP contribution in [-0.2, 0) is 0 Å². The standard InChI is InChI=1S/C7H8BrN3O/c8-5-1-2-9-7-4(6(5)12)3-10-11-7/h3,5H,1-2H2,(H2,9,10,11). The molecule has 1 unspecified atom stereocenters. The Morgan fingerprint density at radius 1 is 1.67 bits per heavy atom. The number of anilines is 1. The highest BCUT2D eigenvalue weighted by Crippen LogP contribution is 2.22. The molecular formula is C7H8BrN3O. The topological polar surface area (TPSA) is 57.8 Å². The number of aromatic amines is 1. The second-order valence-corrected chi connectivity index (χ2v) is 3.81. The van der Waals surface area contributed by atoms with Gasteiger partial charge in [-0.25, -0.2) is 0 Å². The molecule has 64 valence electrons. The summed E-state index contributed by atoms with van der Waals surface area (Å²) < 4.78 is 0. The van der Waals surface area contributed by atoms with Crippen LogP contribution in [-0.4, -0.2) is 27.4 Å². The average molecular weight is 230 g/mol. The Balaban J connectivity index is 2.41. The van der Waals surface area contributed by atoms with Gasteiger partial charge in [0, 0.05) is 6.54 Å². The first-order chi connectivity index (χ1) is 5.79. The van der Waals surface area contributed by atoms with E-state index in [2.05, 4.69) is 31.4 Å². The number of alkyl halides is 1. The summed E-state index contributed by atoms with van der Waals surface area (Å²) in [6.07, 6.45) is 2.37. The highest BCUT2D eigenvalue weighted by molar-refractivity contribution is 9.10. The van der Waals surface area contributed by atoms with E-state index in [4.69, 9.17) is 0 Å². The van der Waals surface area contributed by atoms with Crippen LogP contribution in [0.2, 0.25) is 0 Å². The summed E-state index contributed by atoms with van der Waals surface area (Å²) in [5, 5.41) is 9.64. The molecule has 2 N–H and O–H groups in total. The first-order valence-corrected chi connectivity index (χ1v) is 4.66. The summed E-state index contributed by atoms with van der Waals surface area (Å²) in [5.74, 6) is 0.839. The molecule has 0 amide bonds. The zero-order chi connectivity index (χ0) is 8.55. The van der Waals surface area contributed by atoms with Gasteiger partial charge in [-0.15, -0.1) is 0 Å². The number of ketones is 1. The van der Waals surface area contributed by atoms with Crippen molar-refractivity contribution in [2.45, 2.75) is 11.2 Å². The molecule has 2 rings (SSSR count). The molecule has 0 bridgehead atoms. The molecule has 0 aromatic carbocycles. The van der Waals surface area contributed by atoms with Gasteiger partial charge in [-0.3, -0.25) is 9.89 Å². The fourth-order valence-electron chi connectivity index (χ4n) is 1.23. The van der Waals surface area contributed by atoms with Crippen molar-refractivity contribution >= 4 is 27.5 Å². The number of aromatic nitrogens is 2. The van der Waals surface area contributed by atoms with E-state index in [1.807, 2.05) is 0 Å². The van der Waals surface area contributed by atoms with Gasteiger partial charge in [0.25, 0.3) is 0 Å². The van der Waals surface area contributed by atoms with Gasteiger partial charge in [-0.05, 0) is 6.42 Å². The van der Waals surface area contributed by atoms with Gasteiger partial charge in [0.15, 0.2) is 5.78 Å². The molecule has 5 heteroatoms. The zero-order valence-corrected chi connectivity index (χ0v) is 7.89. The molecule has 1 aliphatic heterocycles. The van der Waals surface area contributed by atoms with Crippen molar-refractivity contribution in [3.05, 3.63) is 11.8 Å². The summed E-state index contributed by atoms with van der Waals surface area (Å²) in [6.45, 7) is 0.789. The smallest absolute Gasteiger partial charge is 0.181 e. The first-order valence-electron chi connectivity index (χ1n) is 3.74. The lowest BCUT2D eigenvalue weighted by Gasteiger charge is -2.00. The lowest BCUT2D eigenvalue weighted by molar-refractivity contribution is 0.0992. The van der Waals surface area contributed by atoms with E-state index in [1.165, 1.54) is 0 Å². The number of carbonyl (C=O) groups is 1. The summed E-state index contributed by atoms with van der Waals surface area (Å²) in [7, 11) is 0. The summed E-state index contributed by atoms with van der Waals surface area (Å²) in [4.78, 5) is 11.5. The van der Waals surface area contributed by atoms with Crippen LogP contribution < -0.4 is 5.32 Å². The molecule has 2 heterocycles. The van der Waals surface area contributed by atoms with E-state index in [-0.39, 0.29) is 10.6 Å². The number of H-pyrrole nitrogens is 1. The minimum Gasteiger partial charge on any atom is -0.370 e. The van der Waals surface area contributed by atoms with Crippen LogP contribution in [0.25, 0.3) is 0 Å². The van der Waals surface area contributed by atoms with Crippen molar-refractivity contribution in [2.24, 2.45) is 0 Å². The SMILES string of the molecule is O=C1c2cn[nH]c2NCCC1Br. The van der Waals surface area contributed by atoms with E-state index in [1.54, 1.807) is 6.20 Å².